The second-order valence-electron chi connectivity index (χ2n) is 8.04. The maximum absolute atomic E-state index is 12.6. The Hall–Kier alpha value is -2.81. The summed E-state index contributed by atoms with van der Waals surface area (Å²) >= 11 is 0. The van der Waals surface area contributed by atoms with E-state index < -0.39 is 84.5 Å². The molecule has 0 heterocycles. The Morgan fingerprint density at radius 2 is 1.09 bits per heavy atom. The van der Waals surface area contributed by atoms with Crippen LogP contribution in [0.1, 0.15) is 34.6 Å². The van der Waals surface area contributed by atoms with E-state index in [0.717, 1.165) is 0 Å². The summed E-state index contributed by atoms with van der Waals surface area (Å²) in [5.74, 6) is -5.41. The first-order chi connectivity index (χ1) is 15.1. The number of carbonyl (C=O) groups is 5. The van der Waals surface area contributed by atoms with E-state index in [2.05, 4.69) is 21.3 Å². The molecule has 7 atom stereocenters. The number of nitrogens with one attached hydrogen (secondary N) is 4. The van der Waals surface area contributed by atoms with Crippen LogP contribution in [0.5, 0.6) is 0 Å². The largest absolute Gasteiger partial charge is 0.480 e. The van der Waals surface area contributed by atoms with Crippen molar-refractivity contribution in [2.45, 2.75) is 77.0 Å². The van der Waals surface area contributed by atoms with Crippen LogP contribution in [0.3, 0.4) is 0 Å². The fourth-order valence-electron chi connectivity index (χ4n) is 2.56. The van der Waals surface area contributed by atoms with Gasteiger partial charge in [0.1, 0.15) is 30.2 Å². The van der Waals surface area contributed by atoms with Crippen LogP contribution in [0.15, 0.2) is 0 Å². The molecule has 0 rings (SSSR count). The molecular formula is C19H35N5O9. The second-order valence-corrected chi connectivity index (χ2v) is 8.04. The zero-order chi connectivity index (χ0) is 26.0. The fraction of sp³-hybridized carbons (Fsp3) is 0.737. The molecule has 10 N–H and O–H groups in total. The molecule has 14 heteroatoms. The summed E-state index contributed by atoms with van der Waals surface area (Å²) in [5, 5.41) is 46.7. The van der Waals surface area contributed by atoms with Crippen LogP contribution in [-0.2, 0) is 24.0 Å². The number of amides is 4. The molecule has 0 aromatic carbocycles. The van der Waals surface area contributed by atoms with E-state index in [4.69, 9.17) is 10.8 Å². The predicted octanol–water partition coefficient (Wildman–Crippen LogP) is -4.23. The first kappa shape index (κ1) is 30.2. The van der Waals surface area contributed by atoms with Crippen molar-refractivity contribution in [2.24, 2.45) is 11.7 Å². The number of carboxylic acid groups (broad SMARTS) is 1. The van der Waals surface area contributed by atoms with Crippen LogP contribution in [-0.4, -0.2) is 99.0 Å². The Balaban J connectivity index is 5.31. The summed E-state index contributed by atoms with van der Waals surface area (Å²) in [6.07, 6.45) is -2.87. The normalized spacial score (nSPS) is 17.5. The second kappa shape index (κ2) is 13.7. The van der Waals surface area contributed by atoms with Gasteiger partial charge in [-0.1, -0.05) is 13.8 Å². The highest BCUT2D eigenvalue weighted by molar-refractivity contribution is 5.95. The van der Waals surface area contributed by atoms with Crippen LogP contribution in [0.25, 0.3) is 0 Å². The zero-order valence-corrected chi connectivity index (χ0v) is 19.2. The summed E-state index contributed by atoms with van der Waals surface area (Å²) in [4.78, 5) is 60.5. The number of nitrogens with two attached hydrogens (primary N) is 1. The molecule has 0 saturated heterocycles. The quantitative estimate of drug-likeness (QED) is 0.124. The number of carboxylic acids is 1. The lowest BCUT2D eigenvalue weighted by Crippen LogP contribution is -2.62. The van der Waals surface area contributed by atoms with Crippen LogP contribution in [0.4, 0.5) is 0 Å². The Labute approximate surface area is 191 Å². The molecular weight excluding hydrogens is 442 g/mol. The summed E-state index contributed by atoms with van der Waals surface area (Å²) in [5.41, 5.74) is 5.36. The first-order valence-corrected chi connectivity index (χ1v) is 10.3. The van der Waals surface area contributed by atoms with Gasteiger partial charge in [-0.25, -0.2) is 4.79 Å². The average Bonchev–Trinajstić information content (AvgIpc) is 2.71. The van der Waals surface area contributed by atoms with Gasteiger partial charge in [-0.2, -0.15) is 0 Å². The molecule has 0 aliphatic carbocycles. The van der Waals surface area contributed by atoms with Crippen LogP contribution in [0.2, 0.25) is 0 Å². The third-order valence-electron chi connectivity index (χ3n) is 4.64. The van der Waals surface area contributed by atoms with E-state index in [9.17, 15) is 39.3 Å². The Bertz CT molecular complexity index is 714. The van der Waals surface area contributed by atoms with E-state index in [1.165, 1.54) is 20.8 Å². The molecule has 0 aliphatic heterocycles. The molecule has 0 aromatic rings. The van der Waals surface area contributed by atoms with Crippen molar-refractivity contribution >= 4 is 29.6 Å². The minimum Gasteiger partial charge on any atom is -0.480 e. The lowest BCUT2D eigenvalue weighted by Gasteiger charge is -2.27. The van der Waals surface area contributed by atoms with Gasteiger partial charge in [0.25, 0.3) is 0 Å². The first-order valence-electron chi connectivity index (χ1n) is 10.3. The molecule has 0 bridgehead atoms. The number of aliphatic carboxylic acids is 1. The monoisotopic (exact) mass is 477 g/mol. The molecule has 0 spiro atoms. The van der Waals surface area contributed by atoms with E-state index in [0.29, 0.717) is 0 Å². The molecule has 14 nitrogen and oxygen atoms in total. The Morgan fingerprint density at radius 1 is 0.697 bits per heavy atom. The molecule has 0 fully saturated rings. The lowest BCUT2D eigenvalue weighted by atomic mass is 10.0. The zero-order valence-electron chi connectivity index (χ0n) is 19.2. The van der Waals surface area contributed by atoms with Gasteiger partial charge in [0, 0.05) is 0 Å². The number of hydrogen-bond acceptors (Lipinski definition) is 9. The van der Waals surface area contributed by atoms with Crippen molar-refractivity contribution in [2.75, 3.05) is 6.61 Å². The third kappa shape index (κ3) is 9.69. The molecule has 4 amide bonds. The summed E-state index contributed by atoms with van der Waals surface area (Å²) < 4.78 is 0. The van der Waals surface area contributed by atoms with Crippen LogP contribution >= 0.6 is 0 Å². The molecule has 0 radical (unpaired) electrons. The van der Waals surface area contributed by atoms with Crippen molar-refractivity contribution in [1.82, 2.24) is 21.3 Å². The van der Waals surface area contributed by atoms with Gasteiger partial charge in [0.2, 0.25) is 23.6 Å². The summed E-state index contributed by atoms with van der Waals surface area (Å²) in [7, 11) is 0. The van der Waals surface area contributed by atoms with E-state index >= 15 is 0 Å². The maximum atomic E-state index is 12.6. The summed E-state index contributed by atoms with van der Waals surface area (Å²) in [6, 6.07) is -6.91. The van der Waals surface area contributed by atoms with Crippen molar-refractivity contribution in [1.29, 1.82) is 0 Å². The molecule has 33 heavy (non-hydrogen) atoms. The number of hydrogen-bond donors (Lipinski definition) is 9. The average molecular weight is 478 g/mol. The van der Waals surface area contributed by atoms with Gasteiger partial charge in [-0.05, 0) is 26.7 Å². The molecule has 0 unspecified atom stereocenters. The number of aliphatic hydroxyl groups excluding tert-OH is 3. The van der Waals surface area contributed by atoms with Gasteiger partial charge in [0.15, 0.2) is 0 Å². The van der Waals surface area contributed by atoms with Gasteiger partial charge in [-0.3, -0.25) is 19.2 Å². The third-order valence-corrected chi connectivity index (χ3v) is 4.64. The van der Waals surface area contributed by atoms with Gasteiger partial charge >= 0.3 is 5.97 Å². The van der Waals surface area contributed by atoms with Gasteiger partial charge < -0.3 is 47.4 Å². The van der Waals surface area contributed by atoms with Crippen molar-refractivity contribution in [3.05, 3.63) is 0 Å². The fourth-order valence-corrected chi connectivity index (χ4v) is 2.56. The van der Waals surface area contributed by atoms with Gasteiger partial charge in [-0.15, -0.1) is 0 Å². The van der Waals surface area contributed by atoms with E-state index in [1.54, 1.807) is 13.8 Å². The minimum absolute atomic E-state index is 0.426. The van der Waals surface area contributed by atoms with Crippen molar-refractivity contribution in [3.8, 4) is 0 Å². The number of aliphatic hydroxyl groups is 3. The highest BCUT2D eigenvalue weighted by atomic mass is 16.4. The molecule has 0 aromatic heterocycles. The molecule has 0 aliphatic rings. The number of carbonyl (C=O) groups excluding carboxylic acids is 4. The predicted molar refractivity (Wildman–Crippen MR) is 114 cm³/mol. The smallest absolute Gasteiger partial charge is 0.326 e. The van der Waals surface area contributed by atoms with Gasteiger partial charge in [0.05, 0.1) is 18.8 Å². The van der Waals surface area contributed by atoms with Crippen molar-refractivity contribution < 1.29 is 44.4 Å². The van der Waals surface area contributed by atoms with Crippen molar-refractivity contribution in [3.63, 3.8) is 0 Å². The Morgan fingerprint density at radius 3 is 1.45 bits per heavy atom. The van der Waals surface area contributed by atoms with E-state index in [-0.39, 0.29) is 0 Å². The minimum atomic E-state index is -1.59. The maximum Gasteiger partial charge on any atom is 0.326 e. The number of rotatable bonds is 13. The highest BCUT2D eigenvalue weighted by Crippen LogP contribution is 2.03. The summed E-state index contributed by atoms with van der Waals surface area (Å²) in [6.45, 7) is 6.12. The SMILES string of the molecule is CC(C)[C@H](NC(=O)[C@H](C)NC(=O)[C@@H](NC(=O)[C@@H](NC(=O)[C@@H](N)CO)[C@@H](C)O)[C@@H](C)O)C(=O)O. The van der Waals surface area contributed by atoms with E-state index in [1.807, 2.05) is 0 Å². The molecule has 0 saturated carbocycles. The topological polar surface area (TPSA) is 240 Å². The Kier molecular flexibility index (Phi) is 12.5. The van der Waals surface area contributed by atoms with Crippen LogP contribution in [0, 0.1) is 5.92 Å². The van der Waals surface area contributed by atoms with Crippen LogP contribution < -0.4 is 27.0 Å². The lowest BCUT2D eigenvalue weighted by molar-refractivity contribution is -0.143. The standard InChI is InChI=1S/C19H35N5O9/c1-7(2)12(19(32)33)22-15(28)8(3)21-17(30)13(9(4)26)24-18(31)14(10(5)27)23-16(29)11(20)6-25/h7-14,25-27H,6,20H2,1-5H3,(H,21,30)(H,22,28)(H,23,29)(H,24,31)(H,32,33)/t8-,9+,10+,11-,12-,13-,14-/m0/s1. The molecule has 190 valence electrons. The highest BCUT2D eigenvalue weighted by Gasteiger charge is 2.34.